The topological polar surface area (TPSA) is 88.8 Å². The van der Waals surface area contributed by atoms with Crippen LogP contribution in [0.1, 0.15) is 23.0 Å². The molecule has 0 spiro atoms. The van der Waals surface area contributed by atoms with Crippen LogP contribution in [0.15, 0.2) is 71.1 Å². The van der Waals surface area contributed by atoms with Gasteiger partial charge in [0.2, 0.25) is 0 Å². The van der Waals surface area contributed by atoms with E-state index in [1.54, 1.807) is 55.6 Å². The number of furan rings is 1. The summed E-state index contributed by atoms with van der Waals surface area (Å²) in [5.41, 5.74) is 1.30. The van der Waals surface area contributed by atoms with Crippen LogP contribution >= 0.6 is 11.6 Å². The van der Waals surface area contributed by atoms with Gasteiger partial charge in [-0.1, -0.05) is 29.8 Å². The van der Waals surface area contributed by atoms with Crippen LogP contribution in [0.5, 0.6) is 0 Å². The highest BCUT2D eigenvalue weighted by molar-refractivity contribution is 6.30. The van der Waals surface area contributed by atoms with Gasteiger partial charge < -0.3 is 19.4 Å². The summed E-state index contributed by atoms with van der Waals surface area (Å²) in [6.07, 6.45) is 0. The van der Waals surface area contributed by atoms with Gasteiger partial charge in [0, 0.05) is 23.2 Å². The second-order valence-corrected chi connectivity index (χ2v) is 7.63. The van der Waals surface area contributed by atoms with E-state index in [0.717, 1.165) is 5.56 Å². The summed E-state index contributed by atoms with van der Waals surface area (Å²) >= 11 is 5.90. The van der Waals surface area contributed by atoms with Crippen LogP contribution in [0, 0.1) is 0 Å². The predicted molar refractivity (Wildman–Crippen MR) is 120 cm³/mol. The summed E-state index contributed by atoms with van der Waals surface area (Å²) in [5.74, 6) is -0.246. The van der Waals surface area contributed by atoms with Crippen LogP contribution in [0.3, 0.4) is 0 Å². The van der Waals surface area contributed by atoms with E-state index in [2.05, 4.69) is 5.32 Å². The SMILES string of the molecule is C[C@H](NC(=O)c1ccccc1)C(=O)OCC(=O)N(C)Cc1ccc(-c2ccc(Cl)cc2)o1. The Morgan fingerprint density at radius 2 is 1.72 bits per heavy atom. The number of nitrogens with zero attached hydrogens (tertiary/aromatic N) is 1. The molecule has 0 aliphatic rings. The molecule has 0 saturated heterocycles. The van der Waals surface area contributed by atoms with Crippen molar-refractivity contribution in [2.75, 3.05) is 13.7 Å². The number of amides is 2. The predicted octanol–water partition coefficient (Wildman–Crippen LogP) is 3.92. The number of carbonyl (C=O) groups excluding carboxylic acids is 3. The first kappa shape index (κ1) is 23.1. The molecule has 0 unspecified atom stereocenters. The van der Waals surface area contributed by atoms with Crippen molar-refractivity contribution in [2.24, 2.45) is 0 Å². The number of ether oxygens (including phenoxy) is 1. The van der Waals surface area contributed by atoms with Gasteiger partial charge in [-0.3, -0.25) is 9.59 Å². The summed E-state index contributed by atoms with van der Waals surface area (Å²) < 4.78 is 10.8. The third kappa shape index (κ3) is 6.21. The Bertz CT molecular complexity index is 1080. The lowest BCUT2D eigenvalue weighted by molar-refractivity contribution is -0.153. The molecule has 7 nitrogen and oxygen atoms in total. The summed E-state index contributed by atoms with van der Waals surface area (Å²) in [5, 5.41) is 3.18. The number of hydrogen-bond donors (Lipinski definition) is 1. The number of esters is 1. The molecule has 0 aliphatic carbocycles. The van der Waals surface area contributed by atoms with E-state index >= 15 is 0 Å². The highest BCUT2D eigenvalue weighted by Gasteiger charge is 2.20. The van der Waals surface area contributed by atoms with Gasteiger partial charge in [-0.15, -0.1) is 0 Å². The normalized spacial score (nSPS) is 11.5. The van der Waals surface area contributed by atoms with Crippen LogP contribution in [0.25, 0.3) is 11.3 Å². The van der Waals surface area contributed by atoms with Crippen LogP contribution < -0.4 is 5.32 Å². The third-order valence-corrected chi connectivity index (χ3v) is 4.94. The molecular formula is C24H23ClN2O5. The van der Waals surface area contributed by atoms with Gasteiger partial charge in [0.05, 0.1) is 6.54 Å². The minimum atomic E-state index is -0.896. The Kier molecular flexibility index (Phi) is 7.68. The quantitative estimate of drug-likeness (QED) is 0.521. The molecule has 0 bridgehead atoms. The molecule has 1 N–H and O–H groups in total. The maximum absolute atomic E-state index is 12.3. The maximum atomic E-state index is 12.3. The first-order valence-corrected chi connectivity index (χ1v) is 10.3. The largest absolute Gasteiger partial charge is 0.459 e. The standard InChI is InChI=1S/C24H23ClN2O5/c1-16(26-23(29)18-6-4-3-5-7-18)24(30)31-15-22(28)27(2)14-20-12-13-21(32-20)17-8-10-19(25)11-9-17/h3-13,16H,14-15H2,1-2H3,(H,26,29)/t16-/m0/s1. The average molecular weight is 455 g/mol. The lowest BCUT2D eigenvalue weighted by Crippen LogP contribution is -2.41. The molecule has 2 amide bonds. The molecular weight excluding hydrogens is 432 g/mol. The lowest BCUT2D eigenvalue weighted by atomic mass is 10.2. The van der Waals surface area contributed by atoms with Crippen molar-refractivity contribution in [1.29, 1.82) is 0 Å². The summed E-state index contributed by atoms with van der Waals surface area (Å²) in [7, 11) is 1.58. The number of hydrogen-bond acceptors (Lipinski definition) is 5. The zero-order valence-electron chi connectivity index (χ0n) is 17.7. The third-order valence-electron chi connectivity index (χ3n) is 4.68. The van der Waals surface area contributed by atoms with Gasteiger partial charge in [-0.2, -0.15) is 0 Å². The molecule has 0 radical (unpaired) electrons. The Morgan fingerprint density at radius 3 is 2.41 bits per heavy atom. The van der Waals surface area contributed by atoms with Crippen molar-refractivity contribution < 1.29 is 23.5 Å². The number of likely N-dealkylation sites (N-methyl/N-ethyl adjacent to an activating group) is 1. The molecule has 3 aromatic rings. The van der Waals surface area contributed by atoms with E-state index in [9.17, 15) is 14.4 Å². The highest BCUT2D eigenvalue weighted by atomic mass is 35.5. The second kappa shape index (κ2) is 10.6. The van der Waals surface area contributed by atoms with Crippen molar-refractivity contribution in [2.45, 2.75) is 19.5 Å². The van der Waals surface area contributed by atoms with E-state index in [4.69, 9.17) is 20.8 Å². The number of nitrogens with one attached hydrogen (secondary N) is 1. The zero-order valence-corrected chi connectivity index (χ0v) is 18.5. The molecule has 32 heavy (non-hydrogen) atoms. The molecule has 0 saturated carbocycles. The van der Waals surface area contributed by atoms with Gasteiger partial charge in [0.25, 0.3) is 11.8 Å². The fraction of sp³-hybridized carbons (Fsp3) is 0.208. The molecule has 0 aliphatic heterocycles. The van der Waals surface area contributed by atoms with E-state index in [0.29, 0.717) is 22.1 Å². The van der Waals surface area contributed by atoms with Crippen molar-refractivity contribution in [3.05, 3.63) is 83.1 Å². The lowest BCUT2D eigenvalue weighted by Gasteiger charge is -2.17. The highest BCUT2D eigenvalue weighted by Crippen LogP contribution is 2.24. The minimum absolute atomic E-state index is 0.213. The van der Waals surface area contributed by atoms with Crippen LogP contribution in [-0.2, 0) is 20.9 Å². The monoisotopic (exact) mass is 454 g/mol. The number of halogens is 1. The first-order valence-electron chi connectivity index (χ1n) is 9.94. The molecule has 1 atom stereocenters. The molecule has 0 fully saturated rings. The van der Waals surface area contributed by atoms with Gasteiger partial charge >= 0.3 is 5.97 Å². The van der Waals surface area contributed by atoms with Crippen LogP contribution in [0.2, 0.25) is 5.02 Å². The smallest absolute Gasteiger partial charge is 0.328 e. The van der Waals surface area contributed by atoms with Gasteiger partial charge in [-0.05, 0) is 55.5 Å². The second-order valence-electron chi connectivity index (χ2n) is 7.19. The molecule has 166 valence electrons. The van der Waals surface area contributed by atoms with E-state index in [-0.39, 0.29) is 6.54 Å². The Balaban J connectivity index is 1.46. The van der Waals surface area contributed by atoms with Gasteiger partial charge in [0.1, 0.15) is 17.6 Å². The van der Waals surface area contributed by atoms with Crippen molar-refractivity contribution in [3.63, 3.8) is 0 Å². The summed E-state index contributed by atoms with van der Waals surface area (Å²) in [6, 6.07) is 18.4. The average Bonchev–Trinajstić information content (AvgIpc) is 3.26. The fourth-order valence-corrected chi connectivity index (χ4v) is 2.98. The minimum Gasteiger partial charge on any atom is -0.459 e. The number of rotatable bonds is 8. The fourth-order valence-electron chi connectivity index (χ4n) is 2.85. The van der Waals surface area contributed by atoms with Crippen LogP contribution in [-0.4, -0.2) is 42.4 Å². The summed E-state index contributed by atoms with van der Waals surface area (Å²) in [6.45, 7) is 1.27. The molecule has 3 rings (SSSR count). The van der Waals surface area contributed by atoms with Crippen molar-refractivity contribution >= 4 is 29.4 Å². The number of benzene rings is 2. The van der Waals surface area contributed by atoms with Gasteiger partial charge in [-0.25, -0.2) is 4.79 Å². The Morgan fingerprint density at radius 1 is 1.03 bits per heavy atom. The van der Waals surface area contributed by atoms with Crippen molar-refractivity contribution in [3.8, 4) is 11.3 Å². The van der Waals surface area contributed by atoms with Crippen LogP contribution in [0.4, 0.5) is 0 Å². The van der Waals surface area contributed by atoms with E-state index in [1.165, 1.54) is 11.8 Å². The summed E-state index contributed by atoms with van der Waals surface area (Å²) in [4.78, 5) is 38.0. The van der Waals surface area contributed by atoms with E-state index in [1.807, 2.05) is 18.2 Å². The van der Waals surface area contributed by atoms with E-state index < -0.39 is 30.4 Å². The molecule has 2 aromatic carbocycles. The Hall–Kier alpha value is -3.58. The molecule has 1 aromatic heterocycles. The number of carbonyl (C=O) groups is 3. The zero-order chi connectivity index (χ0) is 23.1. The molecule has 1 heterocycles. The Labute approximate surface area is 190 Å². The first-order chi connectivity index (χ1) is 15.3. The maximum Gasteiger partial charge on any atom is 0.328 e. The van der Waals surface area contributed by atoms with Gasteiger partial charge in [0.15, 0.2) is 6.61 Å². The van der Waals surface area contributed by atoms with Crippen molar-refractivity contribution in [1.82, 2.24) is 10.2 Å². The molecule has 8 heteroatoms.